The van der Waals surface area contributed by atoms with Gasteiger partial charge in [0.2, 0.25) is 0 Å². The van der Waals surface area contributed by atoms with Crippen molar-refractivity contribution < 1.29 is 14.0 Å². The van der Waals surface area contributed by atoms with E-state index in [1.165, 1.54) is 11.8 Å². The fourth-order valence-corrected chi connectivity index (χ4v) is 4.13. The number of anilines is 1. The first-order chi connectivity index (χ1) is 13.2. The number of carbonyl (C=O) groups is 2. The van der Waals surface area contributed by atoms with Gasteiger partial charge >= 0.3 is 0 Å². The molecule has 0 fully saturated rings. The van der Waals surface area contributed by atoms with Crippen molar-refractivity contribution in [1.82, 2.24) is 0 Å². The van der Waals surface area contributed by atoms with Gasteiger partial charge in [-0.3, -0.25) is 9.59 Å². The molecular weight excluding hydrogens is 382 g/mol. The molecule has 1 aromatic heterocycles. The molecule has 2 amide bonds. The largest absolute Gasteiger partial charge is 0.468 e. The maximum atomic E-state index is 13.2. The minimum Gasteiger partial charge on any atom is -0.468 e. The molecule has 0 atom stereocenters. The molecule has 1 aliphatic heterocycles. The van der Waals surface area contributed by atoms with Crippen LogP contribution >= 0.6 is 23.4 Å². The van der Waals surface area contributed by atoms with Gasteiger partial charge < -0.3 is 4.42 Å². The molecule has 0 radical (unpaired) electrons. The molecule has 0 spiro atoms. The average molecular weight is 396 g/mol. The smallest absolute Gasteiger partial charge is 0.272 e. The summed E-state index contributed by atoms with van der Waals surface area (Å²) in [6, 6.07) is 19.7. The molecule has 2 aromatic carbocycles. The van der Waals surface area contributed by atoms with Crippen molar-refractivity contribution in [3.63, 3.8) is 0 Å². The minimum absolute atomic E-state index is 0.351. The first kappa shape index (κ1) is 17.6. The van der Waals surface area contributed by atoms with E-state index in [0.717, 1.165) is 10.7 Å². The third-order valence-corrected chi connectivity index (χ3v) is 5.55. The molecule has 3 aromatic rings. The summed E-state index contributed by atoms with van der Waals surface area (Å²) in [7, 11) is 0. The van der Waals surface area contributed by atoms with E-state index < -0.39 is 0 Å². The van der Waals surface area contributed by atoms with Crippen molar-refractivity contribution in [2.24, 2.45) is 0 Å². The summed E-state index contributed by atoms with van der Waals surface area (Å²) in [5.74, 6) is 0.440. The van der Waals surface area contributed by atoms with Crippen LogP contribution in [-0.2, 0) is 15.3 Å². The molecule has 134 valence electrons. The van der Waals surface area contributed by atoms with Crippen molar-refractivity contribution in [3.05, 3.63) is 94.2 Å². The highest BCUT2D eigenvalue weighted by molar-refractivity contribution is 8.03. The van der Waals surface area contributed by atoms with Gasteiger partial charge in [0.1, 0.15) is 5.76 Å². The highest BCUT2D eigenvalue weighted by Crippen LogP contribution is 2.41. The number of para-hydroxylation sites is 1. The number of nitrogens with zero attached hydrogens (tertiary/aromatic N) is 1. The number of benzene rings is 2. The highest BCUT2D eigenvalue weighted by Gasteiger charge is 2.40. The number of halogens is 1. The Morgan fingerprint density at radius 1 is 0.889 bits per heavy atom. The Balaban J connectivity index is 1.76. The zero-order valence-electron chi connectivity index (χ0n) is 14.1. The van der Waals surface area contributed by atoms with Crippen LogP contribution < -0.4 is 4.90 Å². The number of rotatable bonds is 5. The van der Waals surface area contributed by atoms with Crippen LogP contribution in [0.1, 0.15) is 11.3 Å². The van der Waals surface area contributed by atoms with E-state index in [2.05, 4.69) is 0 Å². The van der Waals surface area contributed by atoms with Crippen LogP contribution in [-0.4, -0.2) is 11.8 Å². The van der Waals surface area contributed by atoms with Gasteiger partial charge in [-0.25, -0.2) is 4.90 Å². The topological polar surface area (TPSA) is 50.5 Å². The molecule has 4 nitrogen and oxygen atoms in total. The summed E-state index contributed by atoms with van der Waals surface area (Å²) in [6.45, 7) is 0. The summed E-state index contributed by atoms with van der Waals surface area (Å²) in [6.07, 6.45) is 1.58. The third kappa shape index (κ3) is 3.31. The van der Waals surface area contributed by atoms with Gasteiger partial charge in [-0.1, -0.05) is 54.1 Å². The predicted molar refractivity (Wildman–Crippen MR) is 107 cm³/mol. The second kappa shape index (κ2) is 7.47. The molecular formula is C21H14ClNO3S. The summed E-state index contributed by atoms with van der Waals surface area (Å²) in [5, 5.41) is 0.351. The first-order valence-electron chi connectivity index (χ1n) is 8.25. The fourth-order valence-electron chi connectivity index (χ4n) is 2.89. The number of hydrogen-bond donors (Lipinski definition) is 0. The summed E-state index contributed by atoms with van der Waals surface area (Å²) in [4.78, 5) is 27.9. The Morgan fingerprint density at radius 2 is 1.63 bits per heavy atom. The molecule has 0 aliphatic carbocycles. The van der Waals surface area contributed by atoms with Crippen molar-refractivity contribution in [3.8, 4) is 0 Å². The van der Waals surface area contributed by atoms with Crippen LogP contribution in [0.2, 0.25) is 5.02 Å². The number of hydrogen-bond acceptors (Lipinski definition) is 4. The second-order valence-corrected chi connectivity index (χ2v) is 7.23. The lowest BCUT2D eigenvalue weighted by Crippen LogP contribution is -2.31. The van der Waals surface area contributed by atoms with Crippen molar-refractivity contribution in [1.29, 1.82) is 0 Å². The fraction of sp³-hybridized carbons (Fsp3) is 0.0476. The quantitative estimate of drug-likeness (QED) is 0.560. The van der Waals surface area contributed by atoms with E-state index in [-0.39, 0.29) is 11.8 Å². The van der Waals surface area contributed by atoms with Crippen molar-refractivity contribution in [2.75, 3.05) is 4.90 Å². The lowest BCUT2D eigenvalue weighted by atomic mass is 10.1. The number of thioether (sulfide) groups is 1. The van der Waals surface area contributed by atoms with Gasteiger partial charge in [0.15, 0.2) is 0 Å². The predicted octanol–water partition coefficient (Wildman–Crippen LogP) is 5.15. The minimum atomic E-state index is -0.374. The van der Waals surface area contributed by atoms with E-state index in [9.17, 15) is 9.59 Å². The normalized spacial score (nSPS) is 14.3. The molecule has 0 bridgehead atoms. The number of imide groups is 1. The monoisotopic (exact) mass is 395 g/mol. The van der Waals surface area contributed by atoms with Gasteiger partial charge in [0.25, 0.3) is 11.8 Å². The van der Waals surface area contributed by atoms with Crippen LogP contribution in [0, 0.1) is 0 Å². The van der Waals surface area contributed by atoms with Gasteiger partial charge in [-0.05, 0) is 29.8 Å². The van der Waals surface area contributed by atoms with Crippen LogP contribution in [0.3, 0.4) is 0 Å². The Morgan fingerprint density at radius 3 is 2.33 bits per heavy atom. The molecule has 0 N–H and O–H groups in total. The number of amides is 2. The zero-order valence-corrected chi connectivity index (χ0v) is 15.7. The maximum Gasteiger partial charge on any atom is 0.272 e. The zero-order chi connectivity index (χ0) is 18.8. The molecule has 2 heterocycles. The molecule has 0 saturated carbocycles. The van der Waals surface area contributed by atoms with Gasteiger partial charge in [-0.15, -0.1) is 11.8 Å². The van der Waals surface area contributed by atoms with Gasteiger partial charge in [0.05, 0.1) is 33.2 Å². The Bertz CT molecular complexity index is 1030. The van der Waals surface area contributed by atoms with E-state index in [1.807, 2.05) is 36.4 Å². The molecule has 0 unspecified atom stereocenters. The van der Waals surface area contributed by atoms with Crippen LogP contribution in [0.5, 0.6) is 0 Å². The van der Waals surface area contributed by atoms with Crippen LogP contribution in [0.15, 0.2) is 82.3 Å². The Labute approximate surface area is 165 Å². The molecule has 0 saturated heterocycles. The molecule has 1 aliphatic rings. The summed E-state index contributed by atoms with van der Waals surface area (Å²) < 4.78 is 5.35. The Kier molecular flexibility index (Phi) is 4.88. The molecule has 27 heavy (non-hydrogen) atoms. The van der Waals surface area contributed by atoms with Crippen molar-refractivity contribution >= 4 is 46.4 Å². The summed E-state index contributed by atoms with van der Waals surface area (Å²) >= 11 is 7.54. The SMILES string of the molecule is O=C1C(SCc2ccco2)=C(c2ccccc2)C(=O)N1c1ccccc1Cl. The second-order valence-electron chi connectivity index (χ2n) is 5.84. The molecule has 6 heteroatoms. The third-order valence-electron chi connectivity index (χ3n) is 4.14. The van der Waals surface area contributed by atoms with Crippen molar-refractivity contribution in [2.45, 2.75) is 5.75 Å². The summed E-state index contributed by atoms with van der Waals surface area (Å²) in [5.41, 5.74) is 1.47. The lowest BCUT2D eigenvalue weighted by molar-refractivity contribution is -0.119. The van der Waals surface area contributed by atoms with Gasteiger partial charge in [0, 0.05) is 0 Å². The van der Waals surface area contributed by atoms with Crippen LogP contribution in [0.25, 0.3) is 5.57 Å². The van der Waals surface area contributed by atoms with Gasteiger partial charge in [-0.2, -0.15) is 0 Å². The molecule has 4 rings (SSSR count). The Hall–Kier alpha value is -2.76. The average Bonchev–Trinajstić information content (AvgIpc) is 3.28. The highest BCUT2D eigenvalue weighted by atomic mass is 35.5. The van der Waals surface area contributed by atoms with E-state index in [1.54, 1.807) is 36.6 Å². The first-order valence-corrected chi connectivity index (χ1v) is 9.61. The van der Waals surface area contributed by atoms with E-state index in [0.29, 0.717) is 32.5 Å². The lowest BCUT2D eigenvalue weighted by Gasteiger charge is -2.16. The maximum absolute atomic E-state index is 13.2. The van der Waals surface area contributed by atoms with Crippen LogP contribution in [0.4, 0.5) is 5.69 Å². The standard InChI is InChI=1S/C21H14ClNO3S/c22-16-10-4-5-11-17(16)23-20(24)18(14-7-2-1-3-8-14)19(21(23)25)27-13-15-9-6-12-26-15/h1-12H,13H2. The van der Waals surface area contributed by atoms with E-state index >= 15 is 0 Å². The van der Waals surface area contributed by atoms with E-state index in [4.69, 9.17) is 16.0 Å². The number of carbonyl (C=O) groups excluding carboxylic acids is 2. The number of furan rings is 1.